The molecule has 1 aliphatic heterocycles. The van der Waals surface area contributed by atoms with E-state index in [0.29, 0.717) is 0 Å². The topological polar surface area (TPSA) is 3.24 Å². The molecule has 1 nitrogen and oxygen atoms in total. The smallest absolute Gasteiger partial charge is 0.000966 e. The fraction of sp³-hybridized carbons (Fsp3) is 1.00. The molecule has 1 saturated carbocycles. The first kappa shape index (κ1) is 13.4. The summed E-state index contributed by atoms with van der Waals surface area (Å²) in [5, 5.41) is 0. The Labute approximate surface area is 108 Å². The highest BCUT2D eigenvalue weighted by Gasteiger charge is 2.25. The van der Waals surface area contributed by atoms with Crippen LogP contribution in [0.5, 0.6) is 0 Å². The molecule has 0 bridgehead atoms. The van der Waals surface area contributed by atoms with Gasteiger partial charge in [-0.25, -0.2) is 0 Å². The maximum atomic E-state index is 2.75. The van der Waals surface area contributed by atoms with Gasteiger partial charge in [0.2, 0.25) is 0 Å². The molecule has 0 N–H and O–H groups in total. The second kappa shape index (κ2) is 6.22. The molecule has 100 valence electrons. The van der Waals surface area contributed by atoms with Crippen LogP contribution >= 0.6 is 0 Å². The van der Waals surface area contributed by atoms with Crippen LogP contribution in [0.1, 0.15) is 59.3 Å². The van der Waals surface area contributed by atoms with Crippen molar-refractivity contribution in [2.24, 2.45) is 23.7 Å². The molecular weight excluding hydrogens is 206 g/mol. The van der Waals surface area contributed by atoms with Gasteiger partial charge in [0, 0.05) is 6.54 Å². The Kier molecular flexibility index (Phi) is 4.90. The van der Waals surface area contributed by atoms with Gasteiger partial charge in [-0.15, -0.1) is 0 Å². The van der Waals surface area contributed by atoms with Gasteiger partial charge >= 0.3 is 0 Å². The van der Waals surface area contributed by atoms with E-state index in [1.807, 2.05) is 0 Å². The monoisotopic (exact) mass is 237 g/mol. The summed E-state index contributed by atoms with van der Waals surface area (Å²) in [5.74, 6) is 3.91. The van der Waals surface area contributed by atoms with Crippen LogP contribution in [0.25, 0.3) is 0 Å². The van der Waals surface area contributed by atoms with Crippen molar-refractivity contribution in [3.63, 3.8) is 0 Å². The number of hydrogen-bond donors (Lipinski definition) is 0. The van der Waals surface area contributed by atoms with Crippen LogP contribution in [0.2, 0.25) is 0 Å². The predicted octanol–water partition coefficient (Wildman–Crippen LogP) is 4.18. The van der Waals surface area contributed by atoms with Crippen molar-refractivity contribution in [1.29, 1.82) is 0 Å². The van der Waals surface area contributed by atoms with E-state index in [4.69, 9.17) is 0 Å². The average molecular weight is 237 g/mol. The largest absolute Gasteiger partial charge is 0.303 e. The lowest BCUT2D eigenvalue weighted by molar-refractivity contribution is 0.123. The van der Waals surface area contributed by atoms with Crippen LogP contribution in [0, 0.1) is 23.7 Å². The Morgan fingerprint density at radius 3 is 2.06 bits per heavy atom. The van der Waals surface area contributed by atoms with E-state index >= 15 is 0 Å². The molecule has 1 aliphatic carbocycles. The van der Waals surface area contributed by atoms with Gasteiger partial charge in [-0.1, -0.05) is 33.6 Å². The number of piperidine rings is 1. The number of hydrogen-bond acceptors (Lipinski definition) is 1. The molecule has 2 aliphatic rings. The van der Waals surface area contributed by atoms with Gasteiger partial charge < -0.3 is 4.90 Å². The fourth-order valence-corrected chi connectivity index (χ4v) is 3.68. The zero-order chi connectivity index (χ0) is 12.3. The molecule has 0 spiro atoms. The molecule has 0 amide bonds. The summed E-state index contributed by atoms with van der Waals surface area (Å²) < 4.78 is 0. The van der Waals surface area contributed by atoms with Crippen molar-refractivity contribution in [3.8, 4) is 0 Å². The molecule has 0 unspecified atom stereocenters. The third kappa shape index (κ3) is 3.98. The van der Waals surface area contributed by atoms with Gasteiger partial charge in [0.1, 0.15) is 0 Å². The van der Waals surface area contributed by atoms with E-state index in [1.54, 1.807) is 0 Å². The van der Waals surface area contributed by atoms with Crippen LogP contribution < -0.4 is 0 Å². The van der Waals surface area contributed by atoms with Crippen LogP contribution in [-0.4, -0.2) is 24.5 Å². The first-order valence-corrected chi connectivity index (χ1v) is 7.87. The van der Waals surface area contributed by atoms with E-state index in [2.05, 4.69) is 25.7 Å². The summed E-state index contributed by atoms with van der Waals surface area (Å²) in [6, 6.07) is 0. The Balaban J connectivity index is 1.67. The number of nitrogens with zero attached hydrogens (tertiary/aromatic N) is 1. The van der Waals surface area contributed by atoms with E-state index in [1.165, 1.54) is 58.2 Å². The lowest BCUT2D eigenvalue weighted by atomic mass is 9.82. The van der Waals surface area contributed by atoms with Crippen LogP contribution in [0.15, 0.2) is 0 Å². The third-order valence-electron chi connectivity index (χ3n) is 5.23. The lowest BCUT2D eigenvalue weighted by Crippen LogP contribution is -2.38. The predicted molar refractivity (Wildman–Crippen MR) is 75.1 cm³/mol. The molecule has 2 fully saturated rings. The molecule has 1 heteroatoms. The third-order valence-corrected chi connectivity index (χ3v) is 5.23. The SMILES string of the molecule is CC1CCC(CN2CCC(C(C)C)CC2)CC1. The van der Waals surface area contributed by atoms with Crippen molar-refractivity contribution in [3.05, 3.63) is 0 Å². The molecule has 0 aromatic carbocycles. The molecule has 1 saturated heterocycles. The number of rotatable bonds is 3. The van der Waals surface area contributed by atoms with Crippen molar-refractivity contribution in [2.45, 2.75) is 59.3 Å². The minimum absolute atomic E-state index is 0.896. The standard InChI is InChI=1S/C16H31N/c1-13(2)16-8-10-17(11-9-16)12-15-6-4-14(3)5-7-15/h13-16H,4-12H2,1-3H3. The van der Waals surface area contributed by atoms with Gasteiger partial charge in [0.15, 0.2) is 0 Å². The Bertz CT molecular complexity index is 208. The summed E-state index contributed by atoms with van der Waals surface area (Å²) in [5.41, 5.74) is 0. The van der Waals surface area contributed by atoms with Crippen molar-refractivity contribution in [2.75, 3.05) is 19.6 Å². The van der Waals surface area contributed by atoms with Crippen molar-refractivity contribution < 1.29 is 0 Å². The maximum Gasteiger partial charge on any atom is 0.000966 e. The van der Waals surface area contributed by atoms with Crippen LogP contribution in [-0.2, 0) is 0 Å². The van der Waals surface area contributed by atoms with Gasteiger partial charge in [0.05, 0.1) is 0 Å². The summed E-state index contributed by atoms with van der Waals surface area (Å²) in [4.78, 5) is 2.75. The van der Waals surface area contributed by atoms with Crippen LogP contribution in [0.4, 0.5) is 0 Å². The highest BCUT2D eigenvalue weighted by Crippen LogP contribution is 2.30. The molecule has 0 radical (unpaired) electrons. The summed E-state index contributed by atoms with van der Waals surface area (Å²) in [7, 11) is 0. The quantitative estimate of drug-likeness (QED) is 0.712. The Morgan fingerprint density at radius 1 is 0.941 bits per heavy atom. The van der Waals surface area contributed by atoms with E-state index < -0.39 is 0 Å². The number of likely N-dealkylation sites (tertiary alicyclic amines) is 1. The normalized spacial score (nSPS) is 33.2. The maximum absolute atomic E-state index is 2.75. The molecule has 0 atom stereocenters. The van der Waals surface area contributed by atoms with E-state index in [0.717, 1.165) is 23.7 Å². The highest BCUT2D eigenvalue weighted by atomic mass is 15.1. The molecule has 1 heterocycles. The second-order valence-corrected chi connectivity index (χ2v) is 7.01. The molecule has 0 aromatic rings. The van der Waals surface area contributed by atoms with Gasteiger partial charge in [0.25, 0.3) is 0 Å². The Morgan fingerprint density at radius 2 is 1.53 bits per heavy atom. The van der Waals surface area contributed by atoms with Crippen molar-refractivity contribution in [1.82, 2.24) is 4.90 Å². The van der Waals surface area contributed by atoms with Crippen molar-refractivity contribution >= 4 is 0 Å². The second-order valence-electron chi connectivity index (χ2n) is 7.01. The first-order chi connectivity index (χ1) is 8.15. The average Bonchev–Trinajstić information content (AvgIpc) is 2.33. The van der Waals surface area contributed by atoms with Gasteiger partial charge in [-0.2, -0.15) is 0 Å². The van der Waals surface area contributed by atoms with E-state index in [9.17, 15) is 0 Å². The fourth-order valence-electron chi connectivity index (χ4n) is 3.68. The molecule has 17 heavy (non-hydrogen) atoms. The van der Waals surface area contributed by atoms with E-state index in [-0.39, 0.29) is 0 Å². The minimum atomic E-state index is 0.896. The summed E-state index contributed by atoms with van der Waals surface area (Å²) in [6.45, 7) is 11.3. The zero-order valence-electron chi connectivity index (χ0n) is 12.1. The minimum Gasteiger partial charge on any atom is -0.303 e. The lowest BCUT2D eigenvalue weighted by Gasteiger charge is -2.37. The molecule has 2 rings (SSSR count). The van der Waals surface area contributed by atoms with Crippen LogP contribution in [0.3, 0.4) is 0 Å². The van der Waals surface area contributed by atoms with Gasteiger partial charge in [-0.3, -0.25) is 0 Å². The highest BCUT2D eigenvalue weighted by molar-refractivity contribution is 4.78. The molecule has 0 aromatic heterocycles. The zero-order valence-corrected chi connectivity index (χ0v) is 12.1. The molecular formula is C16H31N. The summed E-state index contributed by atoms with van der Waals surface area (Å²) in [6.07, 6.45) is 8.83. The first-order valence-electron chi connectivity index (χ1n) is 7.87. The Hall–Kier alpha value is -0.0400. The summed E-state index contributed by atoms with van der Waals surface area (Å²) >= 11 is 0. The van der Waals surface area contributed by atoms with Gasteiger partial charge in [-0.05, 0) is 62.4 Å².